The first-order valence-corrected chi connectivity index (χ1v) is 10.7. The van der Waals surface area contributed by atoms with Crippen LogP contribution in [-0.2, 0) is 22.4 Å². The van der Waals surface area contributed by atoms with E-state index in [0.29, 0.717) is 32.7 Å². The molecule has 9 nitrogen and oxygen atoms in total. The number of aromatic amines is 1. The van der Waals surface area contributed by atoms with Crippen molar-refractivity contribution in [3.8, 4) is 11.5 Å². The number of hydrogen-bond acceptors (Lipinski definition) is 6. The number of H-pyrrole nitrogens is 1. The molecule has 34 heavy (non-hydrogen) atoms. The van der Waals surface area contributed by atoms with Crippen molar-refractivity contribution in [1.82, 2.24) is 10.3 Å². The highest BCUT2D eigenvalue weighted by atomic mass is 35.5. The lowest BCUT2D eigenvalue weighted by Crippen LogP contribution is -2.43. The molecule has 10 heteroatoms. The molecule has 0 unspecified atom stereocenters. The lowest BCUT2D eigenvalue weighted by molar-refractivity contribution is -0.141. The summed E-state index contributed by atoms with van der Waals surface area (Å²) >= 11 is 6.19. The molecule has 0 saturated heterocycles. The fourth-order valence-corrected chi connectivity index (χ4v) is 4.15. The number of ether oxygens (including phenoxy) is 1. The molecule has 0 aliphatic carbocycles. The van der Waals surface area contributed by atoms with Crippen LogP contribution in [0.2, 0.25) is 5.02 Å². The topological polar surface area (TPSA) is 142 Å². The number of aromatic hydroxyl groups is 1. The van der Waals surface area contributed by atoms with E-state index >= 15 is 0 Å². The average molecular weight is 485 g/mol. The summed E-state index contributed by atoms with van der Waals surface area (Å²) in [7, 11) is 1.44. The molecule has 4 N–H and O–H groups in total. The molecule has 4 rings (SSSR count). The van der Waals surface area contributed by atoms with Crippen LogP contribution in [-0.4, -0.2) is 40.2 Å². The third-order valence-corrected chi connectivity index (χ3v) is 6.00. The fourth-order valence-electron chi connectivity index (χ4n) is 3.91. The normalized spacial score (nSPS) is 12.1. The summed E-state index contributed by atoms with van der Waals surface area (Å²) in [6, 6.07) is 6.54. The molecule has 0 fully saturated rings. The number of benzene rings is 2. The number of amides is 1. The number of halogens is 1. The predicted molar refractivity (Wildman–Crippen MR) is 126 cm³/mol. The SMILES string of the molecule is COc1cc2oc(=O)c(CC(=O)N[C@H](Cc3c[nH]c4ccc(O)cc34)C(=O)O)c(C)c2cc1Cl. The van der Waals surface area contributed by atoms with Gasteiger partial charge in [0.25, 0.3) is 0 Å². The maximum Gasteiger partial charge on any atom is 0.340 e. The first-order chi connectivity index (χ1) is 16.2. The van der Waals surface area contributed by atoms with Gasteiger partial charge in [-0.05, 0) is 42.3 Å². The molecule has 176 valence electrons. The Bertz CT molecular complexity index is 1490. The predicted octanol–water partition coefficient (Wildman–Crippen LogP) is 3.30. The number of aryl methyl sites for hydroxylation is 1. The number of carboxylic acids is 1. The summed E-state index contributed by atoms with van der Waals surface area (Å²) in [5.41, 5.74) is 1.51. The molecule has 0 aliphatic heterocycles. The Balaban J connectivity index is 1.58. The van der Waals surface area contributed by atoms with E-state index in [9.17, 15) is 24.6 Å². The van der Waals surface area contributed by atoms with Crippen molar-refractivity contribution in [2.24, 2.45) is 0 Å². The van der Waals surface area contributed by atoms with Crippen LogP contribution in [0.1, 0.15) is 16.7 Å². The second-order valence-electron chi connectivity index (χ2n) is 7.86. The van der Waals surface area contributed by atoms with E-state index < -0.39 is 23.5 Å². The number of fused-ring (bicyclic) bond motifs is 2. The zero-order valence-corrected chi connectivity index (χ0v) is 19.0. The number of nitrogens with one attached hydrogen (secondary N) is 2. The molecular weight excluding hydrogens is 464 g/mol. The first kappa shape index (κ1) is 23.2. The molecule has 2 heterocycles. The summed E-state index contributed by atoms with van der Waals surface area (Å²) in [6.07, 6.45) is 1.24. The summed E-state index contributed by atoms with van der Waals surface area (Å²) in [5.74, 6) is -1.49. The van der Waals surface area contributed by atoms with Crippen molar-refractivity contribution >= 4 is 45.3 Å². The maximum absolute atomic E-state index is 12.7. The number of aliphatic carboxylic acids is 1. The number of aromatic nitrogens is 1. The molecule has 1 atom stereocenters. The zero-order valence-electron chi connectivity index (χ0n) is 18.3. The molecule has 0 spiro atoms. The van der Waals surface area contributed by atoms with Crippen LogP contribution in [0.3, 0.4) is 0 Å². The second kappa shape index (κ2) is 9.11. The van der Waals surface area contributed by atoms with Gasteiger partial charge in [-0.25, -0.2) is 9.59 Å². The number of carbonyl (C=O) groups excluding carboxylic acids is 1. The highest BCUT2D eigenvalue weighted by molar-refractivity contribution is 6.32. The van der Waals surface area contributed by atoms with E-state index in [1.807, 2.05) is 0 Å². The minimum atomic E-state index is -1.25. The molecule has 0 aliphatic rings. The molecule has 1 amide bonds. The molecule has 4 aromatic rings. The third-order valence-electron chi connectivity index (χ3n) is 5.71. The Kier molecular flexibility index (Phi) is 6.21. The summed E-state index contributed by atoms with van der Waals surface area (Å²) in [6.45, 7) is 1.66. The summed E-state index contributed by atoms with van der Waals surface area (Å²) in [5, 5.41) is 23.4. The lowest BCUT2D eigenvalue weighted by atomic mass is 10.0. The average Bonchev–Trinajstić information content (AvgIpc) is 3.18. The second-order valence-corrected chi connectivity index (χ2v) is 8.27. The third kappa shape index (κ3) is 4.42. The number of carboxylic acid groups (broad SMARTS) is 1. The number of phenols is 1. The number of phenolic OH excluding ortho intramolecular Hbond substituents is 1. The molecule has 0 bridgehead atoms. The number of carbonyl (C=O) groups is 2. The van der Waals surface area contributed by atoms with E-state index in [2.05, 4.69) is 10.3 Å². The summed E-state index contributed by atoms with van der Waals surface area (Å²) < 4.78 is 10.5. The number of rotatable bonds is 7. The first-order valence-electron chi connectivity index (χ1n) is 10.3. The Hall–Kier alpha value is -3.98. The zero-order chi connectivity index (χ0) is 24.6. The van der Waals surface area contributed by atoms with Crippen molar-refractivity contribution < 1.29 is 29.0 Å². The molecule has 0 saturated carbocycles. The Morgan fingerprint density at radius 3 is 2.71 bits per heavy atom. The largest absolute Gasteiger partial charge is 0.508 e. The van der Waals surface area contributed by atoms with Crippen molar-refractivity contribution in [2.45, 2.75) is 25.8 Å². The quantitative estimate of drug-likeness (QED) is 0.295. The van der Waals surface area contributed by atoms with E-state index in [4.69, 9.17) is 20.8 Å². The van der Waals surface area contributed by atoms with E-state index in [0.717, 1.165) is 5.52 Å². The molecule has 2 aromatic carbocycles. The maximum atomic E-state index is 12.7. The smallest absolute Gasteiger partial charge is 0.340 e. The summed E-state index contributed by atoms with van der Waals surface area (Å²) in [4.78, 5) is 40.1. The van der Waals surface area contributed by atoms with Gasteiger partial charge in [-0.2, -0.15) is 0 Å². The van der Waals surface area contributed by atoms with Gasteiger partial charge in [-0.3, -0.25) is 4.79 Å². The van der Waals surface area contributed by atoms with Gasteiger partial charge in [0.2, 0.25) is 5.91 Å². The van der Waals surface area contributed by atoms with Crippen LogP contribution in [0.4, 0.5) is 0 Å². The van der Waals surface area contributed by atoms with Crippen molar-refractivity contribution in [3.63, 3.8) is 0 Å². The van der Waals surface area contributed by atoms with Crippen molar-refractivity contribution in [2.75, 3.05) is 7.11 Å². The highest BCUT2D eigenvalue weighted by Crippen LogP contribution is 2.31. The minimum Gasteiger partial charge on any atom is -0.508 e. The fraction of sp³-hybridized carbons (Fsp3) is 0.208. The van der Waals surface area contributed by atoms with Crippen LogP contribution in [0.5, 0.6) is 11.5 Å². The highest BCUT2D eigenvalue weighted by Gasteiger charge is 2.24. The van der Waals surface area contributed by atoms with E-state index in [1.165, 1.54) is 25.3 Å². The van der Waals surface area contributed by atoms with Crippen LogP contribution >= 0.6 is 11.6 Å². The van der Waals surface area contributed by atoms with Crippen LogP contribution in [0, 0.1) is 6.92 Å². The van der Waals surface area contributed by atoms with Gasteiger partial charge in [0.05, 0.1) is 24.1 Å². The molecular formula is C24H21ClN2O7. The number of hydrogen-bond donors (Lipinski definition) is 4. The standard InChI is InChI=1S/C24H21ClN2O7/c1-11-14-7-17(25)21(33-2)9-20(14)34-24(32)15(11)8-22(29)27-19(23(30)31)5-12-10-26-18-4-3-13(28)6-16(12)18/h3-4,6-7,9-10,19,26,28H,5,8H2,1-2H3,(H,27,29)(H,30,31)/t19-/m1/s1. The van der Waals surface area contributed by atoms with Crippen molar-refractivity contribution in [3.05, 3.63) is 68.7 Å². The Morgan fingerprint density at radius 2 is 2.00 bits per heavy atom. The van der Waals surface area contributed by atoms with Crippen LogP contribution in [0.15, 0.2) is 45.7 Å². The van der Waals surface area contributed by atoms with Crippen LogP contribution < -0.4 is 15.7 Å². The van der Waals surface area contributed by atoms with Gasteiger partial charge < -0.3 is 29.7 Å². The minimum absolute atomic E-state index is 0.0226. The monoisotopic (exact) mass is 484 g/mol. The van der Waals surface area contributed by atoms with Gasteiger partial charge >= 0.3 is 11.6 Å². The van der Waals surface area contributed by atoms with Crippen molar-refractivity contribution in [1.29, 1.82) is 0 Å². The lowest BCUT2D eigenvalue weighted by Gasteiger charge is -2.15. The van der Waals surface area contributed by atoms with Gasteiger partial charge in [0.1, 0.15) is 23.1 Å². The van der Waals surface area contributed by atoms with Crippen LogP contribution in [0.25, 0.3) is 21.9 Å². The number of methoxy groups -OCH3 is 1. The molecule has 2 aromatic heterocycles. The molecule has 0 radical (unpaired) electrons. The Morgan fingerprint density at radius 1 is 1.24 bits per heavy atom. The van der Waals surface area contributed by atoms with Gasteiger partial charge in [-0.1, -0.05) is 11.6 Å². The van der Waals surface area contributed by atoms with Gasteiger partial charge in [0.15, 0.2) is 0 Å². The van der Waals surface area contributed by atoms with E-state index in [-0.39, 0.29) is 29.7 Å². The van der Waals surface area contributed by atoms with Gasteiger partial charge in [-0.15, -0.1) is 0 Å². The van der Waals surface area contributed by atoms with Gasteiger partial charge in [0, 0.05) is 35.0 Å². The Labute approximate surface area is 197 Å². The van der Waals surface area contributed by atoms with E-state index in [1.54, 1.807) is 25.3 Å².